The molecule has 8 heteroatoms. The first-order chi connectivity index (χ1) is 17.4. The van der Waals surface area contributed by atoms with Crippen molar-refractivity contribution in [2.24, 2.45) is 0 Å². The molecule has 0 saturated carbocycles. The van der Waals surface area contributed by atoms with Crippen molar-refractivity contribution in [3.63, 3.8) is 0 Å². The largest absolute Gasteiger partial charge is 0.376 e. The van der Waals surface area contributed by atoms with E-state index in [9.17, 15) is 9.59 Å². The normalized spacial score (nSPS) is 17.6. The molecular weight excluding hydrogens is 454 g/mol. The van der Waals surface area contributed by atoms with Gasteiger partial charge in [-0.15, -0.1) is 0 Å². The van der Waals surface area contributed by atoms with Crippen LogP contribution in [0.5, 0.6) is 0 Å². The van der Waals surface area contributed by atoms with Crippen molar-refractivity contribution in [2.45, 2.75) is 71.9 Å². The van der Waals surface area contributed by atoms with Gasteiger partial charge in [-0.25, -0.2) is 9.97 Å². The standard InChI is InChI=1S/C28H35N5O3/c1-18-9-7-11-23(20(18)3)30-25(34)17-32(16-21-10-8-14-36-21)28(35)22-15-19(2)29-27-26(22)31-24-12-5-4-6-13-33(24)27/h7,9,11,15,21H,4-6,8,10,12-14,16-17H2,1-3H3,(H,30,34). The van der Waals surface area contributed by atoms with E-state index in [1.54, 1.807) is 4.90 Å². The highest BCUT2D eigenvalue weighted by atomic mass is 16.5. The summed E-state index contributed by atoms with van der Waals surface area (Å²) < 4.78 is 8.01. The molecule has 0 spiro atoms. The van der Waals surface area contributed by atoms with Gasteiger partial charge in [0.25, 0.3) is 5.91 Å². The van der Waals surface area contributed by atoms with Gasteiger partial charge in [-0.05, 0) is 69.7 Å². The highest BCUT2D eigenvalue weighted by molar-refractivity contribution is 6.06. The average Bonchev–Trinajstić information content (AvgIpc) is 3.42. The van der Waals surface area contributed by atoms with E-state index in [0.29, 0.717) is 24.2 Å². The number of carbonyl (C=O) groups excluding carboxylic acids is 2. The lowest BCUT2D eigenvalue weighted by atomic mass is 10.1. The Balaban J connectivity index is 1.46. The molecule has 1 unspecified atom stereocenters. The number of ether oxygens (including phenoxy) is 1. The summed E-state index contributed by atoms with van der Waals surface area (Å²) in [6, 6.07) is 7.64. The van der Waals surface area contributed by atoms with E-state index in [4.69, 9.17) is 14.7 Å². The first-order valence-electron chi connectivity index (χ1n) is 13.0. The van der Waals surface area contributed by atoms with Crippen LogP contribution in [-0.2, 0) is 22.5 Å². The molecular formula is C28H35N5O3. The number of hydrogen-bond donors (Lipinski definition) is 1. The third-order valence-corrected chi connectivity index (χ3v) is 7.37. The Morgan fingerprint density at radius 2 is 2.00 bits per heavy atom. The second-order valence-corrected chi connectivity index (χ2v) is 10.1. The van der Waals surface area contributed by atoms with Gasteiger partial charge in [-0.2, -0.15) is 0 Å². The average molecular weight is 490 g/mol. The van der Waals surface area contributed by atoms with Gasteiger partial charge in [0.15, 0.2) is 5.65 Å². The zero-order valence-electron chi connectivity index (χ0n) is 21.5. The topological polar surface area (TPSA) is 89.4 Å². The maximum absolute atomic E-state index is 14.0. The van der Waals surface area contributed by atoms with Gasteiger partial charge >= 0.3 is 0 Å². The van der Waals surface area contributed by atoms with Gasteiger partial charge in [-0.3, -0.25) is 9.59 Å². The maximum Gasteiger partial charge on any atom is 0.256 e. The first kappa shape index (κ1) is 24.4. The van der Waals surface area contributed by atoms with Crippen LogP contribution in [0.3, 0.4) is 0 Å². The lowest BCUT2D eigenvalue weighted by Crippen LogP contribution is -2.42. The van der Waals surface area contributed by atoms with Crippen LogP contribution in [0.1, 0.15) is 65.1 Å². The van der Waals surface area contributed by atoms with Crippen LogP contribution in [-0.4, -0.2) is 57.0 Å². The number of pyridine rings is 1. The Morgan fingerprint density at radius 1 is 1.14 bits per heavy atom. The van der Waals surface area contributed by atoms with Gasteiger partial charge in [0.2, 0.25) is 5.91 Å². The lowest BCUT2D eigenvalue weighted by molar-refractivity contribution is -0.117. The summed E-state index contributed by atoms with van der Waals surface area (Å²) in [6.45, 7) is 7.78. The predicted octanol–water partition coefficient (Wildman–Crippen LogP) is 4.34. The van der Waals surface area contributed by atoms with Gasteiger partial charge in [-0.1, -0.05) is 18.6 Å². The molecule has 2 amide bonds. The second kappa shape index (κ2) is 10.4. The SMILES string of the molecule is Cc1cc(C(=O)N(CC(=O)Nc2cccc(C)c2C)CC2CCCO2)c2nc3n(c2n1)CCCCC3. The number of benzene rings is 1. The number of hydrogen-bond acceptors (Lipinski definition) is 5. The molecule has 0 aliphatic carbocycles. The number of carbonyl (C=O) groups is 2. The third kappa shape index (κ3) is 5.00. The van der Waals surface area contributed by atoms with E-state index in [1.807, 2.05) is 45.0 Å². The Hall–Kier alpha value is -3.26. The summed E-state index contributed by atoms with van der Waals surface area (Å²) in [7, 11) is 0. The number of nitrogens with one attached hydrogen (secondary N) is 1. The summed E-state index contributed by atoms with van der Waals surface area (Å²) in [5.74, 6) is 0.566. The molecule has 4 heterocycles. The predicted molar refractivity (Wildman–Crippen MR) is 139 cm³/mol. The molecule has 1 saturated heterocycles. The fraction of sp³-hybridized carbons (Fsp3) is 0.500. The van der Waals surface area contributed by atoms with Crippen molar-refractivity contribution in [3.05, 3.63) is 52.5 Å². The lowest BCUT2D eigenvalue weighted by Gasteiger charge is -2.25. The van der Waals surface area contributed by atoms with E-state index in [1.165, 1.54) is 6.42 Å². The molecule has 0 bridgehead atoms. The summed E-state index contributed by atoms with van der Waals surface area (Å²) in [5, 5.41) is 3.00. The van der Waals surface area contributed by atoms with E-state index in [2.05, 4.69) is 9.88 Å². The van der Waals surface area contributed by atoms with Crippen LogP contribution in [0.2, 0.25) is 0 Å². The highest BCUT2D eigenvalue weighted by Gasteiger charge is 2.29. The van der Waals surface area contributed by atoms with Crippen molar-refractivity contribution in [2.75, 3.05) is 25.0 Å². The molecule has 2 aliphatic rings. The number of rotatable bonds is 6. The van der Waals surface area contributed by atoms with Crippen molar-refractivity contribution >= 4 is 28.7 Å². The third-order valence-electron chi connectivity index (χ3n) is 7.37. The number of fused-ring (bicyclic) bond motifs is 3. The number of imidazole rings is 1. The van der Waals surface area contributed by atoms with Gasteiger partial charge in [0, 0.05) is 37.5 Å². The molecule has 1 aromatic carbocycles. The molecule has 5 rings (SSSR count). The highest BCUT2D eigenvalue weighted by Crippen LogP contribution is 2.26. The zero-order chi connectivity index (χ0) is 25.2. The Bertz CT molecular complexity index is 1290. The van der Waals surface area contributed by atoms with Crippen molar-refractivity contribution in [1.82, 2.24) is 19.4 Å². The summed E-state index contributed by atoms with van der Waals surface area (Å²) in [4.78, 5) is 38.4. The molecule has 2 aromatic heterocycles. The number of aromatic nitrogens is 3. The minimum atomic E-state index is -0.224. The van der Waals surface area contributed by atoms with Gasteiger partial charge in [0.05, 0.1) is 11.7 Å². The number of anilines is 1. The van der Waals surface area contributed by atoms with E-state index in [-0.39, 0.29) is 24.5 Å². The maximum atomic E-state index is 14.0. The summed E-state index contributed by atoms with van der Waals surface area (Å²) >= 11 is 0. The number of amides is 2. The van der Waals surface area contributed by atoms with Gasteiger partial charge < -0.3 is 19.5 Å². The van der Waals surface area contributed by atoms with Crippen molar-refractivity contribution in [3.8, 4) is 0 Å². The quantitative estimate of drug-likeness (QED) is 0.556. The second-order valence-electron chi connectivity index (χ2n) is 10.1. The molecule has 1 N–H and O–H groups in total. The molecule has 190 valence electrons. The van der Waals surface area contributed by atoms with E-state index < -0.39 is 0 Å². The van der Waals surface area contributed by atoms with Crippen molar-refractivity contribution in [1.29, 1.82) is 0 Å². The fourth-order valence-corrected chi connectivity index (χ4v) is 5.25. The van der Waals surface area contributed by atoms with Crippen LogP contribution in [0.4, 0.5) is 5.69 Å². The van der Waals surface area contributed by atoms with Crippen LogP contribution in [0, 0.1) is 20.8 Å². The van der Waals surface area contributed by atoms with Crippen molar-refractivity contribution < 1.29 is 14.3 Å². The Morgan fingerprint density at radius 3 is 2.81 bits per heavy atom. The van der Waals surface area contributed by atoms with Gasteiger partial charge in [0.1, 0.15) is 17.9 Å². The number of aryl methyl sites for hydroxylation is 4. The van der Waals surface area contributed by atoms with Crippen LogP contribution in [0.15, 0.2) is 24.3 Å². The fourth-order valence-electron chi connectivity index (χ4n) is 5.25. The molecule has 1 fully saturated rings. The Kier molecular flexibility index (Phi) is 7.05. The van der Waals surface area contributed by atoms with E-state index >= 15 is 0 Å². The molecule has 36 heavy (non-hydrogen) atoms. The molecule has 1 atom stereocenters. The smallest absolute Gasteiger partial charge is 0.256 e. The van der Waals surface area contributed by atoms with Crippen LogP contribution < -0.4 is 5.32 Å². The Labute approximate surface area is 212 Å². The minimum Gasteiger partial charge on any atom is -0.376 e. The van der Waals surface area contributed by atoms with Crippen LogP contribution in [0.25, 0.3) is 11.2 Å². The minimum absolute atomic E-state index is 0.0531. The molecule has 0 radical (unpaired) electrons. The summed E-state index contributed by atoms with van der Waals surface area (Å²) in [6.07, 6.45) is 6.02. The number of nitrogens with zero attached hydrogens (tertiary/aromatic N) is 4. The molecule has 2 aliphatic heterocycles. The van der Waals surface area contributed by atoms with Crippen LogP contribution >= 0.6 is 0 Å². The first-order valence-corrected chi connectivity index (χ1v) is 13.0. The molecule has 3 aromatic rings. The summed E-state index contributed by atoms with van der Waals surface area (Å²) in [5.41, 5.74) is 5.58. The molecule has 8 nitrogen and oxygen atoms in total. The van der Waals surface area contributed by atoms with E-state index in [0.717, 1.165) is 72.6 Å². The monoisotopic (exact) mass is 489 g/mol. The zero-order valence-corrected chi connectivity index (χ0v) is 21.5.